The molecule has 1 fully saturated rings. The van der Waals surface area contributed by atoms with Crippen molar-refractivity contribution in [2.24, 2.45) is 0 Å². The highest BCUT2D eigenvalue weighted by Gasteiger charge is 2.48. The number of fused-ring (bicyclic) bond motifs is 1. The molecule has 1 N–H and O–H groups in total. The number of benzene rings is 5. The number of carbonyl (C=O) groups excluding carboxylic acids is 2. The second kappa shape index (κ2) is 15.2. The average Bonchev–Trinajstić information content (AvgIpc) is 3.77. The number of carbonyl (C=O) groups is 2. The number of Topliss-reactive ketones (excluding diaryl/α,β-unsaturated/α-hetero) is 1. The molecule has 1 aliphatic rings. The van der Waals surface area contributed by atoms with Gasteiger partial charge in [0.05, 0.1) is 32.9 Å². The molecular weight excluding hydrogens is 699 g/mol. The van der Waals surface area contributed by atoms with E-state index in [-0.39, 0.29) is 22.0 Å². The van der Waals surface area contributed by atoms with Gasteiger partial charge in [-0.1, -0.05) is 102 Å². The van der Waals surface area contributed by atoms with Gasteiger partial charge in [0.15, 0.2) is 27.3 Å². The van der Waals surface area contributed by atoms with Crippen LogP contribution in [0.15, 0.2) is 119 Å². The maximum Gasteiger partial charge on any atom is 0.301 e. The quantitative estimate of drug-likeness (QED) is 0.0434. The van der Waals surface area contributed by atoms with E-state index >= 15 is 0 Å². The van der Waals surface area contributed by atoms with Crippen molar-refractivity contribution in [3.63, 3.8) is 0 Å². The molecule has 6 aromatic rings. The zero-order valence-corrected chi connectivity index (χ0v) is 30.1. The lowest BCUT2D eigenvalue weighted by Crippen LogP contribution is -2.29. The highest BCUT2D eigenvalue weighted by atomic mass is 32.2. The van der Waals surface area contributed by atoms with E-state index in [0.29, 0.717) is 45.3 Å². The molecule has 2 heterocycles. The zero-order chi connectivity index (χ0) is 36.2. The van der Waals surface area contributed by atoms with Gasteiger partial charge in [-0.25, -0.2) is 0 Å². The third-order valence-corrected chi connectivity index (χ3v) is 10.8. The molecule has 1 amide bonds. The molecule has 1 atom stereocenters. The number of ether oxygens (including phenoxy) is 4. The molecule has 1 unspecified atom stereocenters. The fourth-order valence-electron chi connectivity index (χ4n) is 6.11. The summed E-state index contributed by atoms with van der Waals surface area (Å²) >= 11 is 2.68. The first-order valence-electron chi connectivity index (χ1n) is 16.2. The summed E-state index contributed by atoms with van der Waals surface area (Å²) in [6.45, 7) is 0.304. The predicted molar refractivity (Wildman–Crippen MR) is 202 cm³/mol. The number of aromatic nitrogens is 2. The van der Waals surface area contributed by atoms with Crippen LogP contribution in [0.2, 0.25) is 0 Å². The third-order valence-electron chi connectivity index (χ3n) is 8.67. The number of methoxy groups -OCH3 is 3. The Morgan fingerprint density at radius 1 is 0.788 bits per heavy atom. The molecule has 0 saturated carbocycles. The van der Waals surface area contributed by atoms with Gasteiger partial charge in [0, 0.05) is 11.3 Å². The van der Waals surface area contributed by atoms with Crippen LogP contribution < -0.4 is 23.8 Å². The van der Waals surface area contributed by atoms with E-state index in [1.54, 1.807) is 36.4 Å². The van der Waals surface area contributed by atoms with E-state index in [4.69, 9.17) is 18.9 Å². The van der Waals surface area contributed by atoms with Crippen molar-refractivity contribution in [2.45, 2.75) is 22.7 Å². The second-order valence-electron chi connectivity index (χ2n) is 11.7. The molecule has 1 saturated heterocycles. The van der Waals surface area contributed by atoms with Crippen LogP contribution in [0.4, 0.5) is 5.13 Å². The number of hydrogen-bond acceptors (Lipinski definition) is 11. The first kappa shape index (κ1) is 34.6. The third kappa shape index (κ3) is 6.78. The highest BCUT2D eigenvalue weighted by Crippen LogP contribution is 2.46. The summed E-state index contributed by atoms with van der Waals surface area (Å²) < 4.78 is 23.2. The van der Waals surface area contributed by atoms with E-state index in [2.05, 4.69) is 34.5 Å². The van der Waals surface area contributed by atoms with Gasteiger partial charge in [-0.05, 0) is 57.8 Å². The first-order valence-corrected chi connectivity index (χ1v) is 18.0. The van der Waals surface area contributed by atoms with Gasteiger partial charge in [0.25, 0.3) is 5.78 Å². The Kier molecular flexibility index (Phi) is 10.1. The van der Waals surface area contributed by atoms with Gasteiger partial charge in [0.2, 0.25) is 5.13 Å². The largest absolute Gasteiger partial charge is 0.507 e. The average molecular weight is 732 g/mol. The molecule has 0 bridgehead atoms. The van der Waals surface area contributed by atoms with Crippen molar-refractivity contribution >= 4 is 56.5 Å². The second-order valence-corrected chi connectivity index (χ2v) is 13.9. The molecule has 10 nitrogen and oxygen atoms in total. The minimum atomic E-state index is -1.07. The van der Waals surface area contributed by atoms with E-state index in [9.17, 15) is 14.7 Å². The molecule has 5 aromatic carbocycles. The van der Waals surface area contributed by atoms with Gasteiger partial charge < -0.3 is 24.1 Å². The SMILES string of the molecule is COc1ccc(/C(O)=C2/C(=O)C(=O)N(c3nnc(SCc4cccc5ccccc45)s3)C2c2ccc(OCc3ccccc3)c(OC)c2)cc1OC. The first-order chi connectivity index (χ1) is 25.4. The standard InChI is InChI=1S/C40H33N3O7S2/c1-47-30-18-17-27(21-32(30)48-2)36(44)34-35(26-16-19-31(33(20-26)49-3)50-22-24-10-5-4-6-11-24)43(38(46)37(34)45)39-41-42-40(52-39)51-23-28-14-9-13-25-12-7-8-15-29(25)28/h4-21,35,44H,22-23H2,1-3H3/b36-34-. The molecule has 0 aliphatic carbocycles. The van der Waals surface area contributed by atoms with Crippen molar-refractivity contribution in [2.75, 3.05) is 26.2 Å². The Hall–Kier alpha value is -5.85. The van der Waals surface area contributed by atoms with Crippen LogP contribution in [-0.4, -0.2) is 48.3 Å². The number of ketones is 1. The van der Waals surface area contributed by atoms with Gasteiger partial charge in [-0.2, -0.15) is 0 Å². The minimum absolute atomic E-state index is 0.127. The molecule has 7 rings (SSSR count). The summed E-state index contributed by atoms with van der Waals surface area (Å²) in [6.07, 6.45) is 0. The van der Waals surface area contributed by atoms with Crippen LogP contribution in [0.5, 0.6) is 23.0 Å². The van der Waals surface area contributed by atoms with Crippen LogP contribution in [0, 0.1) is 0 Å². The Labute approximate surface area is 308 Å². The summed E-state index contributed by atoms with van der Waals surface area (Å²) in [5.41, 5.74) is 2.74. The van der Waals surface area contributed by atoms with Crippen molar-refractivity contribution in [3.8, 4) is 23.0 Å². The maximum atomic E-state index is 13.9. The summed E-state index contributed by atoms with van der Waals surface area (Å²) in [7, 11) is 4.49. The van der Waals surface area contributed by atoms with Crippen LogP contribution in [0.25, 0.3) is 16.5 Å². The van der Waals surface area contributed by atoms with Crippen LogP contribution in [0.3, 0.4) is 0 Å². The Morgan fingerprint density at radius 2 is 1.50 bits per heavy atom. The van der Waals surface area contributed by atoms with E-state index in [1.807, 2.05) is 48.5 Å². The lowest BCUT2D eigenvalue weighted by molar-refractivity contribution is -0.132. The van der Waals surface area contributed by atoms with Crippen LogP contribution in [-0.2, 0) is 21.9 Å². The number of rotatable bonds is 12. The zero-order valence-electron chi connectivity index (χ0n) is 28.4. The lowest BCUT2D eigenvalue weighted by atomic mass is 9.95. The molecule has 12 heteroatoms. The fraction of sp³-hybridized carbons (Fsp3) is 0.150. The number of aliphatic hydroxyl groups is 1. The monoisotopic (exact) mass is 731 g/mol. The molecule has 52 heavy (non-hydrogen) atoms. The maximum absolute atomic E-state index is 13.9. The summed E-state index contributed by atoms with van der Waals surface area (Å²) in [4.78, 5) is 29.1. The van der Waals surface area contributed by atoms with E-state index in [1.165, 1.54) is 49.3 Å². The van der Waals surface area contributed by atoms with E-state index < -0.39 is 17.7 Å². The summed E-state index contributed by atoms with van der Waals surface area (Å²) in [5, 5.41) is 23.0. The lowest BCUT2D eigenvalue weighted by Gasteiger charge is -2.23. The topological polar surface area (TPSA) is 120 Å². The molecule has 0 spiro atoms. The molecular formula is C40H33N3O7S2. The normalized spacial score (nSPS) is 15.2. The van der Waals surface area contributed by atoms with Crippen molar-refractivity contribution < 1.29 is 33.6 Å². The smallest absolute Gasteiger partial charge is 0.301 e. The van der Waals surface area contributed by atoms with Crippen molar-refractivity contribution in [1.82, 2.24) is 10.2 Å². The highest BCUT2D eigenvalue weighted by molar-refractivity contribution is 8.00. The number of aliphatic hydroxyl groups excluding tert-OH is 1. The van der Waals surface area contributed by atoms with Crippen LogP contribution >= 0.6 is 23.1 Å². The fourth-order valence-corrected chi connectivity index (χ4v) is 7.98. The van der Waals surface area contributed by atoms with E-state index in [0.717, 1.165) is 21.9 Å². The molecule has 262 valence electrons. The molecule has 0 radical (unpaired) electrons. The van der Waals surface area contributed by atoms with Crippen molar-refractivity contribution in [3.05, 3.63) is 137 Å². The van der Waals surface area contributed by atoms with Gasteiger partial charge in [0.1, 0.15) is 12.4 Å². The van der Waals surface area contributed by atoms with Crippen molar-refractivity contribution in [1.29, 1.82) is 0 Å². The number of anilines is 1. The number of nitrogens with zero attached hydrogens (tertiary/aromatic N) is 3. The van der Waals surface area contributed by atoms with Crippen LogP contribution in [0.1, 0.15) is 28.3 Å². The molecule has 1 aromatic heterocycles. The number of amides is 1. The van der Waals surface area contributed by atoms with Gasteiger partial charge in [-0.3, -0.25) is 14.5 Å². The Morgan fingerprint density at radius 3 is 2.29 bits per heavy atom. The molecule has 1 aliphatic heterocycles. The summed E-state index contributed by atoms with van der Waals surface area (Å²) in [5.74, 6) is 0.149. The van der Waals surface area contributed by atoms with Gasteiger partial charge in [-0.15, -0.1) is 10.2 Å². The Bertz CT molecular complexity index is 2300. The Balaban J connectivity index is 1.27. The minimum Gasteiger partial charge on any atom is -0.507 e. The predicted octanol–water partition coefficient (Wildman–Crippen LogP) is 8.21. The number of hydrogen-bond donors (Lipinski definition) is 1. The van der Waals surface area contributed by atoms with Gasteiger partial charge >= 0.3 is 5.91 Å². The summed E-state index contributed by atoms with van der Waals surface area (Å²) in [6, 6.07) is 32.9. The number of thioether (sulfide) groups is 1.